The maximum absolute atomic E-state index is 13.7. The van der Waals surface area contributed by atoms with Gasteiger partial charge in [0.15, 0.2) is 11.5 Å². The fourth-order valence-electron chi connectivity index (χ4n) is 2.31. The second-order valence-electron chi connectivity index (χ2n) is 5.24. The number of methoxy groups -OCH3 is 2. The van der Waals surface area contributed by atoms with E-state index >= 15 is 0 Å². The lowest BCUT2D eigenvalue weighted by Crippen LogP contribution is -2.23. The van der Waals surface area contributed by atoms with Crippen molar-refractivity contribution in [3.8, 4) is 22.9 Å². The average Bonchev–Trinajstić information content (AvgIpc) is 3.14. The molecule has 2 aromatic carbocycles. The summed E-state index contributed by atoms with van der Waals surface area (Å²) in [4.78, 5) is 16.4. The number of rotatable bonds is 6. The van der Waals surface area contributed by atoms with Crippen molar-refractivity contribution in [2.75, 3.05) is 14.2 Å². The van der Waals surface area contributed by atoms with E-state index in [1.165, 1.54) is 20.3 Å². The van der Waals surface area contributed by atoms with Gasteiger partial charge >= 0.3 is 0 Å². The number of carbonyl (C=O) groups is 1. The molecule has 3 aromatic rings. The van der Waals surface area contributed by atoms with Crippen molar-refractivity contribution < 1.29 is 23.2 Å². The number of ether oxygens (including phenoxy) is 2. The minimum absolute atomic E-state index is 0.00856. The zero-order valence-electron chi connectivity index (χ0n) is 14.2. The minimum atomic E-state index is -0.450. The van der Waals surface area contributed by atoms with E-state index in [-0.39, 0.29) is 29.7 Å². The zero-order chi connectivity index (χ0) is 18.5. The molecule has 1 heterocycles. The molecular formula is C18H16FN3O4. The third-order valence-electron chi connectivity index (χ3n) is 3.63. The smallest absolute Gasteiger partial charge is 0.251 e. The van der Waals surface area contributed by atoms with Crippen LogP contribution in [-0.2, 0) is 6.54 Å². The first-order chi connectivity index (χ1) is 12.6. The van der Waals surface area contributed by atoms with Crippen molar-refractivity contribution >= 4 is 5.91 Å². The van der Waals surface area contributed by atoms with Crippen molar-refractivity contribution in [2.45, 2.75) is 6.54 Å². The summed E-state index contributed by atoms with van der Waals surface area (Å²) < 4.78 is 29.1. The Balaban J connectivity index is 1.68. The van der Waals surface area contributed by atoms with Gasteiger partial charge in [0.2, 0.25) is 11.7 Å². The van der Waals surface area contributed by atoms with Crippen molar-refractivity contribution in [3.63, 3.8) is 0 Å². The molecule has 1 N–H and O–H groups in total. The maximum atomic E-state index is 13.7. The summed E-state index contributed by atoms with van der Waals surface area (Å²) in [6.45, 7) is 0.00856. The first kappa shape index (κ1) is 17.4. The second kappa shape index (κ2) is 7.64. The maximum Gasteiger partial charge on any atom is 0.251 e. The molecule has 0 aliphatic heterocycles. The highest BCUT2D eigenvalue weighted by molar-refractivity contribution is 5.94. The molecule has 0 radical (unpaired) electrons. The number of nitrogens with one attached hydrogen (secondary N) is 1. The highest BCUT2D eigenvalue weighted by Crippen LogP contribution is 2.27. The van der Waals surface area contributed by atoms with Crippen LogP contribution in [0.25, 0.3) is 11.4 Å². The van der Waals surface area contributed by atoms with Gasteiger partial charge in [-0.05, 0) is 30.3 Å². The molecule has 8 heteroatoms. The Kier molecular flexibility index (Phi) is 5.12. The molecule has 1 aromatic heterocycles. The molecule has 0 aliphatic carbocycles. The fourth-order valence-corrected chi connectivity index (χ4v) is 2.31. The minimum Gasteiger partial charge on any atom is -0.493 e. The Hall–Kier alpha value is -3.42. The van der Waals surface area contributed by atoms with E-state index in [4.69, 9.17) is 14.0 Å². The Labute approximate surface area is 148 Å². The summed E-state index contributed by atoms with van der Waals surface area (Å²) in [5.41, 5.74) is 0.616. The van der Waals surface area contributed by atoms with Crippen molar-refractivity contribution in [3.05, 3.63) is 59.7 Å². The number of benzene rings is 2. The third-order valence-corrected chi connectivity index (χ3v) is 3.63. The highest BCUT2D eigenvalue weighted by atomic mass is 19.1. The van der Waals surface area contributed by atoms with Gasteiger partial charge in [-0.2, -0.15) is 4.98 Å². The van der Waals surface area contributed by atoms with Crippen molar-refractivity contribution in [1.29, 1.82) is 0 Å². The molecule has 0 atom stereocenters. The Morgan fingerprint density at radius 2 is 1.92 bits per heavy atom. The number of aromatic nitrogens is 2. The standard InChI is InChI=1S/C18H16FN3O4/c1-24-14-8-7-11(9-15(14)25-2)18(23)20-10-16-21-17(22-26-16)12-5-3-4-6-13(12)19/h3-9H,10H2,1-2H3,(H,20,23). The molecule has 0 saturated carbocycles. The molecule has 0 bridgehead atoms. The lowest BCUT2D eigenvalue weighted by atomic mass is 10.2. The van der Waals surface area contributed by atoms with E-state index < -0.39 is 5.82 Å². The lowest BCUT2D eigenvalue weighted by molar-refractivity contribution is 0.0946. The summed E-state index contributed by atoms with van der Waals surface area (Å²) in [7, 11) is 3.00. The van der Waals surface area contributed by atoms with E-state index in [0.29, 0.717) is 17.1 Å². The van der Waals surface area contributed by atoms with Crippen LogP contribution in [0.2, 0.25) is 0 Å². The highest BCUT2D eigenvalue weighted by Gasteiger charge is 2.14. The Bertz CT molecular complexity index is 926. The normalized spacial score (nSPS) is 10.4. The molecule has 0 spiro atoms. The van der Waals surface area contributed by atoms with Gasteiger partial charge in [0.1, 0.15) is 5.82 Å². The predicted molar refractivity (Wildman–Crippen MR) is 90.4 cm³/mol. The predicted octanol–water partition coefficient (Wildman–Crippen LogP) is 2.82. The van der Waals surface area contributed by atoms with Gasteiger partial charge in [-0.1, -0.05) is 17.3 Å². The number of hydrogen-bond acceptors (Lipinski definition) is 6. The van der Waals surface area contributed by atoms with Crippen LogP contribution in [-0.4, -0.2) is 30.3 Å². The van der Waals surface area contributed by atoms with Gasteiger partial charge in [0, 0.05) is 5.56 Å². The number of nitrogens with zero attached hydrogens (tertiary/aromatic N) is 2. The molecule has 0 aliphatic rings. The van der Waals surface area contributed by atoms with E-state index in [9.17, 15) is 9.18 Å². The van der Waals surface area contributed by atoms with Crippen LogP contribution in [0, 0.1) is 5.82 Å². The van der Waals surface area contributed by atoms with Gasteiger partial charge in [0.05, 0.1) is 26.3 Å². The first-order valence-corrected chi connectivity index (χ1v) is 7.70. The van der Waals surface area contributed by atoms with E-state index in [1.54, 1.807) is 36.4 Å². The van der Waals surface area contributed by atoms with Gasteiger partial charge in [-0.25, -0.2) is 4.39 Å². The summed E-state index contributed by atoms with van der Waals surface area (Å²) in [6, 6.07) is 10.9. The molecule has 3 rings (SSSR count). The molecule has 134 valence electrons. The SMILES string of the molecule is COc1ccc(C(=O)NCc2nc(-c3ccccc3F)no2)cc1OC. The number of amides is 1. The van der Waals surface area contributed by atoms with E-state index in [1.807, 2.05) is 0 Å². The Morgan fingerprint density at radius 3 is 2.65 bits per heavy atom. The average molecular weight is 357 g/mol. The molecule has 7 nitrogen and oxygen atoms in total. The van der Waals surface area contributed by atoms with Gasteiger partial charge in [0.25, 0.3) is 5.91 Å². The van der Waals surface area contributed by atoms with Crippen LogP contribution in [0.15, 0.2) is 47.0 Å². The zero-order valence-corrected chi connectivity index (χ0v) is 14.2. The third kappa shape index (κ3) is 3.64. The molecule has 1 amide bonds. The molecule has 26 heavy (non-hydrogen) atoms. The van der Waals surface area contributed by atoms with Crippen LogP contribution in [0.1, 0.15) is 16.2 Å². The Morgan fingerprint density at radius 1 is 1.15 bits per heavy atom. The summed E-state index contributed by atoms with van der Waals surface area (Å²) in [5, 5.41) is 6.39. The van der Waals surface area contributed by atoms with Crippen molar-refractivity contribution in [1.82, 2.24) is 15.5 Å². The van der Waals surface area contributed by atoms with Crippen LogP contribution in [0.5, 0.6) is 11.5 Å². The molecule has 0 unspecified atom stereocenters. The quantitative estimate of drug-likeness (QED) is 0.730. The number of hydrogen-bond donors (Lipinski definition) is 1. The summed E-state index contributed by atoms with van der Waals surface area (Å²) >= 11 is 0. The molecule has 0 fully saturated rings. The van der Waals surface area contributed by atoms with Crippen molar-refractivity contribution in [2.24, 2.45) is 0 Å². The first-order valence-electron chi connectivity index (χ1n) is 7.70. The largest absolute Gasteiger partial charge is 0.493 e. The monoisotopic (exact) mass is 357 g/mol. The van der Waals surface area contributed by atoms with Crippen LogP contribution >= 0.6 is 0 Å². The van der Waals surface area contributed by atoms with Gasteiger partial charge in [-0.15, -0.1) is 0 Å². The van der Waals surface area contributed by atoms with E-state index in [0.717, 1.165) is 0 Å². The number of carbonyl (C=O) groups excluding carboxylic acids is 1. The summed E-state index contributed by atoms with van der Waals surface area (Å²) in [6.07, 6.45) is 0. The van der Waals surface area contributed by atoms with Crippen LogP contribution in [0.4, 0.5) is 4.39 Å². The van der Waals surface area contributed by atoms with Crippen LogP contribution < -0.4 is 14.8 Å². The molecular weight excluding hydrogens is 341 g/mol. The topological polar surface area (TPSA) is 86.5 Å². The second-order valence-corrected chi connectivity index (χ2v) is 5.24. The molecule has 0 saturated heterocycles. The fraction of sp³-hybridized carbons (Fsp3) is 0.167. The van der Waals surface area contributed by atoms with Gasteiger partial charge < -0.3 is 19.3 Å². The van der Waals surface area contributed by atoms with E-state index in [2.05, 4.69) is 15.5 Å². The summed E-state index contributed by atoms with van der Waals surface area (Å²) in [5.74, 6) is 0.455. The van der Waals surface area contributed by atoms with Gasteiger partial charge in [-0.3, -0.25) is 4.79 Å². The van der Waals surface area contributed by atoms with Crippen LogP contribution in [0.3, 0.4) is 0 Å². The lowest BCUT2D eigenvalue weighted by Gasteiger charge is -2.09. The number of halogens is 1.